The Morgan fingerprint density at radius 3 is 2.90 bits per heavy atom. The molecule has 2 saturated heterocycles. The van der Waals surface area contributed by atoms with Crippen LogP contribution in [0.1, 0.15) is 39.5 Å². The molecule has 11 atom stereocenters. The lowest BCUT2D eigenvalue weighted by molar-refractivity contribution is -0.145. The van der Waals surface area contributed by atoms with E-state index in [-0.39, 0.29) is 54.3 Å². The number of nitriles is 1. The van der Waals surface area contributed by atoms with Gasteiger partial charge in [-0.05, 0) is 54.6 Å². The van der Waals surface area contributed by atoms with Gasteiger partial charge in [0, 0.05) is 19.2 Å². The maximum Gasteiger partial charge on any atom is 0.407 e. The summed E-state index contributed by atoms with van der Waals surface area (Å²) in [7, 11) is 1.22. The van der Waals surface area contributed by atoms with E-state index in [0.717, 1.165) is 0 Å². The number of methoxy groups -OCH3 is 1. The summed E-state index contributed by atoms with van der Waals surface area (Å²) < 4.78 is 26.1. The zero-order valence-electron chi connectivity index (χ0n) is 23.9. The molecule has 226 valence electrons. The fourth-order valence-electron chi connectivity index (χ4n) is 8.19. The van der Waals surface area contributed by atoms with E-state index in [1.54, 1.807) is 17.0 Å². The fraction of sp³-hybridized carbons (Fsp3) is 0.690. The van der Waals surface area contributed by atoms with Crippen LogP contribution in [0.25, 0.3) is 0 Å². The minimum atomic E-state index is -1.45. The van der Waals surface area contributed by atoms with E-state index in [2.05, 4.69) is 21.7 Å². The van der Waals surface area contributed by atoms with Crippen molar-refractivity contribution in [3.05, 3.63) is 18.3 Å². The molecule has 3 N–H and O–H groups in total. The van der Waals surface area contributed by atoms with Crippen LogP contribution in [-0.2, 0) is 14.3 Å². The van der Waals surface area contributed by atoms with E-state index >= 15 is 4.39 Å². The molecule has 1 spiro atoms. The average molecular weight is 585 g/mol. The lowest BCUT2D eigenvalue weighted by Gasteiger charge is -2.41. The number of hydrogen-bond acceptors (Lipinski definition) is 9. The molecule has 6 rings (SSSR count). The van der Waals surface area contributed by atoms with Gasteiger partial charge in [0.2, 0.25) is 11.5 Å². The number of pyridine rings is 1. The van der Waals surface area contributed by atoms with Crippen LogP contribution in [0.2, 0.25) is 0 Å². The molecule has 12 nitrogen and oxygen atoms in total. The second-order valence-electron chi connectivity index (χ2n) is 12.5. The Kier molecular flexibility index (Phi) is 7.25. The number of amides is 3. The van der Waals surface area contributed by atoms with Gasteiger partial charge in [-0.15, -0.1) is 0 Å². The van der Waals surface area contributed by atoms with Crippen LogP contribution in [0.5, 0.6) is 5.75 Å². The summed E-state index contributed by atoms with van der Waals surface area (Å²) in [5, 5.41) is 27.6. The van der Waals surface area contributed by atoms with Crippen LogP contribution in [0, 0.1) is 40.9 Å². The summed E-state index contributed by atoms with van der Waals surface area (Å²) in [6.07, 6.45) is 0.0940. The number of aromatic nitrogens is 1. The van der Waals surface area contributed by atoms with Crippen molar-refractivity contribution in [2.45, 2.75) is 75.7 Å². The van der Waals surface area contributed by atoms with Crippen molar-refractivity contribution in [1.29, 1.82) is 5.26 Å². The number of anilines is 1. The number of alkyl halides is 1. The number of hydrogen-bond donors (Lipinski definition) is 3. The van der Waals surface area contributed by atoms with Gasteiger partial charge < -0.3 is 30.1 Å². The first kappa shape index (κ1) is 28.6. The van der Waals surface area contributed by atoms with E-state index in [0.29, 0.717) is 31.6 Å². The summed E-state index contributed by atoms with van der Waals surface area (Å²) in [6, 6.07) is 2.89. The van der Waals surface area contributed by atoms with Crippen molar-refractivity contribution in [3.63, 3.8) is 0 Å². The van der Waals surface area contributed by atoms with Gasteiger partial charge in [-0.2, -0.15) is 5.26 Å². The largest absolute Gasteiger partial charge is 0.472 e. The molecule has 4 fully saturated rings. The van der Waals surface area contributed by atoms with E-state index in [4.69, 9.17) is 9.47 Å². The lowest BCUT2D eigenvalue weighted by atomic mass is 9.77. The van der Waals surface area contributed by atoms with Crippen molar-refractivity contribution in [2.24, 2.45) is 29.6 Å². The Hall–Kier alpha value is -3.50. The topological polar surface area (TPSA) is 157 Å². The SMILES string of the molecule is CCC(C)C(NC(=O)OC)C(=O)N1CC2C3CC(F)C(C3)C2C1C(O)N1CC2(CC1C#N)Oc1cccnc1NC2=O. The van der Waals surface area contributed by atoms with Crippen LogP contribution in [0.3, 0.4) is 0 Å². The quantitative estimate of drug-likeness (QED) is 0.452. The van der Waals surface area contributed by atoms with Gasteiger partial charge in [-0.25, -0.2) is 14.2 Å². The molecule has 11 unspecified atom stereocenters. The Morgan fingerprint density at radius 1 is 1.40 bits per heavy atom. The Morgan fingerprint density at radius 2 is 2.19 bits per heavy atom. The van der Waals surface area contributed by atoms with Crippen molar-refractivity contribution < 1.29 is 33.4 Å². The summed E-state index contributed by atoms with van der Waals surface area (Å²) in [6.45, 7) is 3.97. The normalized spacial score (nSPS) is 36.8. The van der Waals surface area contributed by atoms with E-state index < -0.39 is 48.1 Å². The van der Waals surface area contributed by atoms with Crippen LogP contribution in [0.4, 0.5) is 15.0 Å². The molecule has 1 aromatic rings. The number of rotatable bonds is 6. The predicted molar refractivity (Wildman–Crippen MR) is 145 cm³/mol. The number of halogens is 1. The summed E-state index contributed by atoms with van der Waals surface area (Å²) in [5.41, 5.74) is -1.45. The molecule has 2 saturated carbocycles. The molecule has 1 aromatic heterocycles. The van der Waals surface area contributed by atoms with Gasteiger partial charge in [0.25, 0.3) is 5.91 Å². The number of likely N-dealkylation sites (tertiary alicyclic amines) is 2. The number of nitrogens with zero attached hydrogens (tertiary/aromatic N) is 4. The van der Waals surface area contributed by atoms with E-state index in [9.17, 15) is 24.8 Å². The first-order chi connectivity index (χ1) is 20.1. The highest BCUT2D eigenvalue weighted by atomic mass is 19.1. The lowest BCUT2D eigenvalue weighted by Crippen LogP contribution is -2.60. The zero-order valence-corrected chi connectivity index (χ0v) is 23.9. The third-order valence-electron chi connectivity index (χ3n) is 10.4. The van der Waals surface area contributed by atoms with Crippen LogP contribution in [0.15, 0.2) is 18.3 Å². The van der Waals surface area contributed by atoms with Crippen molar-refractivity contribution in [3.8, 4) is 11.8 Å². The number of fused-ring (bicyclic) bond motifs is 6. The molecular weight excluding hydrogens is 547 g/mol. The third kappa shape index (κ3) is 4.38. The fourth-order valence-corrected chi connectivity index (χ4v) is 8.19. The van der Waals surface area contributed by atoms with Crippen LogP contribution in [-0.4, -0.2) is 94.1 Å². The van der Waals surface area contributed by atoms with Gasteiger partial charge in [-0.1, -0.05) is 20.3 Å². The predicted octanol–water partition coefficient (Wildman–Crippen LogP) is 1.66. The summed E-state index contributed by atoms with van der Waals surface area (Å²) in [5.74, 6) is -1.01. The third-order valence-corrected chi connectivity index (χ3v) is 10.4. The molecule has 0 aromatic carbocycles. The molecule has 0 radical (unpaired) electrons. The summed E-state index contributed by atoms with van der Waals surface area (Å²) >= 11 is 0. The maximum atomic E-state index is 15.2. The zero-order chi connectivity index (χ0) is 29.9. The van der Waals surface area contributed by atoms with Crippen molar-refractivity contribution in [2.75, 3.05) is 25.5 Å². The molecule has 4 heterocycles. The van der Waals surface area contributed by atoms with Crippen molar-refractivity contribution in [1.82, 2.24) is 20.1 Å². The minimum Gasteiger partial charge on any atom is -0.472 e. The van der Waals surface area contributed by atoms with Gasteiger partial charge in [-0.3, -0.25) is 14.5 Å². The Labute approximate surface area is 243 Å². The highest BCUT2D eigenvalue weighted by Crippen LogP contribution is 2.59. The number of aliphatic hydroxyl groups is 1. The molecule has 42 heavy (non-hydrogen) atoms. The van der Waals surface area contributed by atoms with Crippen LogP contribution >= 0.6 is 0 Å². The van der Waals surface area contributed by atoms with Gasteiger partial charge in [0.15, 0.2) is 11.6 Å². The molecule has 3 amide bonds. The number of ether oxygens (including phenoxy) is 2. The smallest absolute Gasteiger partial charge is 0.407 e. The number of carbonyl (C=O) groups is 3. The summed E-state index contributed by atoms with van der Waals surface area (Å²) in [4.78, 5) is 46.9. The number of alkyl carbamates (subject to hydrolysis) is 1. The Bertz CT molecular complexity index is 1310. The minimum absolute atomic E-state index is 0.00727. The molecule has 13 heteroatoms. The highest BCUT2D eigenvalue weighted by molar-refractivity contribution is 6.00. The Balaban J connectivity index is 1.33. The first-order valence-corrected chi connectivity index (χ1v) is 14.7. The average Bonchev–Trinajstić information content (AvgIpc) is 3.75. The van der Waals surface area contributed by atoms with Gasteiger partial charge in [0.05, 0.1) is 25.8 Å². The molecule has 5 aliphatic rings. The number of nitrogens with one attached hydrogen (secondary N) is 2. The number of carbonyl (C=O) groups excluding carboxylic acids is 3. The second kappa shape index (κ2) is 10.6. The number of aliphatic hydroxyl groups excluding tert-OH is 1. The van der Waals surface area contributed by atoms with Crippen molar-refractivity contribution >= 4 is 23.7 Å². The second-order valence-corrected chi connectivity index (χ2v) is 12.5. The molecule has 2 aliphatic carbocycles. The van der Waals surface area contributed by atoms with Gasteiger partial charge >= 0.3 is 6.09 Å². The van der Waals surface area contributed by atoms with Crippen LogP contribution < -0.4 is 15.4 Å². The molecular formula is C29H37FN6O6. The standard InChI is InChI=1S/C29H37FN6O6/c1-4-14(2)22(33-28(40)41-3)25(37)35-12-18-15-8-17(19(30)9-15)21(18)23(35)26(38)36-13-29(10-16(36)11-31)27(39)34-24-20(42-29)6-5-7-32-24/h5-7,14-19,21-23,26,38H,4,8-10,12-13H2,1-3H3,(H,33,40)(H,32,34,39). The first-order valence-electron chi connectivity index (χ1n) is 14.7. The molecule has 3 aliphatic heterocycles. The van der Waals surface area contributed by atoms with Gasteiger partial charge in [0.1, 0.15) is 24.5 Å². The maximum absolute atomic E-state index is 15.2. The van der Waals surface area contributed by atoms with E-state index in [1.807, 2.05) is 13.8 Å². The van der Waals surface area contributed by atoms with E-state index in [1.165, 1.54) is 18.2 Å². The monoisotopic (exact) mass is 584 g/mol. The highest BCUT2D eigenvalue weighted by Gasteiger charge is 2.65. The molecule has 2 bridgehead atoms.